The lowest BCUT2D eigenvalue weighted by molar-refractivity contribution is 0.112. The second-order valence-corrected chi connectivity index (χ2v) is 4.44. The van der Waals surface area contributed by atoms with Crippen LogP contribution in [-0.4, -0.2) is 19.4 Å². The summed E-state index contributed by atoms with van der Waals surface area (Å²) in [5.41, 5.74) is 2.03. The van der Waals surface area contributed by atoms with Gasteiger partial charge in [0.15, 0.2) is 0 Å². The van der Waals surface area contributed by atoms with Crippen molar-refractivity contribution in [2.45, 2.75) is 20.8 Å². The molecule has 3 nitrogen and oxygen atoms in total. The summed E-state index contributed by atoms with van der Waals surface area (Å²) in [5, 5.41) is 9.12. The van der Waals surface area contributed by atoms with Gasteiger partial charge in [-0.25, -0.2) is 0 Å². The minimum Gasteiger partial charge on any atom is -0.370 e. The van der Waals surface area contributed by atoms with E-state index in [4.69, 9.17) is 5.26 Å². The van der Waals surface area contributed by atoms with Crippen LogP contribution in [0, 0.1) is 17.2 Å². The van der Waals surface area contributed by atoms with Crippen molar-refractivity contribution in [2.24, 2.45) is 5.92 Å². The van der Waals surface area contributed by atoms with Crippen molar-refractivity contribution < 1.29 is 4.79 Å². The van der Waals surface area contributed by atoms with Crippen LogP contribution in [0.25, 0.3) is 0 Å². The number of aldehydes is 1. The highest BCUT2D eigenvalue weighted by Crippen LogP contribution is 2.21. The molecule has 1 aromatic rings. The van der Waals surface area contributed by atoms with Crippen LogP contribution in [0.3, 0.4) is 0 Å². The first-order chi connectivity index (χ1) is 8.12. The highest BCUT2D eigenvalue weighted by Gasteiger charge is 2.11. The van der Waals surface area contributed by atoms with Crippen LogP contribution in [0.5, 0.6) is 0 Å². The number of nitrogens with zero attached hydrogens (tertiary/aromatic N) is 2. The first-order valence-corrected chi connectivity index (χ1v) is 5.86. The molecule has 90 valence electrons. The summed E-state index contributed by atoms with van der Waals surface area (Å²) in [6.07, 6.45) is 0.767. The summed E-state index contributed by atoms with van der Waals surface area (Å²) in [6.45, 7) is 8.12. The van der Waals surface area contributed by atoms with Crippen LogP contribution in [0.15, 0.2) is 18.2 Å². The van der Waals surface area contributed by atoms with Gasteiger partial charge in [0.1, 0.15) is 12.4 Å². The van der Waals surface area contributed by atoms with E-state index < -0.39 is 0 Å². The fourth-order valence-electron chi connectivity index (χ4n) is 1.83. The van der Waals surface area contributed by atoms with Gasteiger partial charge < -0.3 is 4.90 Å². The Kier molecular flexibility index (Phi) is 4.71. The predicted octanol–water partition coefficient (Wildman–Crippen LogP) is 2.85. The monoisotopic (exact) mass is 230 g/mol. The maximum Gasteiger partial charge on any atom is 0.150 e. The number of anilines is 1. The second-order valence-electron chi connectivity index (χ2n) is 4.44. The Morgan fingerprint density at radius 3 is 2.65 bits per heavy atom. The van der Waals surface area contributed by atoms with Gasteiger partial charge in [0.25, 0.3) is 0 Å². The maximum absolute atomic E-state index is 10.7. The Bertz CT molecular complexity index is 432. The number of carbonyl (C=O) groups is 1. The van der Waals surface area contributed by atoms with Crippen LogP contribution in [0.1, 0.15) is 36.7 Å². The Labute approximate surface area is 103 Å². The van der Waals surface area contributed by atoms with Crippen molar-refractivity contribution in [1.29, 1.82) is 5.26 Å². The Balaban J connectivity index is 3.11. The fourth-order valence-corrected chi connectivity index (χ4v) is 1.83. The maximum atomic E-state index is 10.7. The smallest absolute Gasteiger partial charge is 0.150 e. The van der Waals surface area contributed by atoms with Gasteiger partial charge in [-0.1, -0.05) is 13.8 Å². The number of hydrogen-bond acceptors (Lipinski definition) is 3. The lowest BCUT2D eigenvalue weighted by Gasteiger charge is -2.26. The standard InChI is InChI=1S/C14H18N2O/c1-4-16(9-11(2)3)14-6-5-12(10-17)7-13(14)8-15/h5-7,10-11H,4,9H2,1-3H3. The summed E-state index contributed by atoms with van der Waals surface area (Å²) in [5.74, 6) is 0.534. The molecule has 1 rings (SSSR count). The van der Waals surface area contributed by atoms with Gasteiger partial charge in [-0.2, -0.15) is 5.26 Å². The Morgan fingerprint density at radius 1 is 1.47 bits per heavy atom. The van der Waals surface area contributed by atoms with Crippen LogP contribution in [0.2, 0.25) is 0 Å². The first-order valence-electron chi connectivity index (χ1n) is 5.86. The Hall–Kier alpha value is -1.82. The molecular formula is C14H18N2O. The first kappa shape index (κ1) is 13.2. The van der Waals surface area contributed by atoms with E-state index >= 15 is 0 Å². The van der Waals surface area contributed by atoms with E-state index in [1.165, 1.54) is 0 Å². The molecule has 0 bridgehead atoms. The molecule has 17 heavy (non-hydrogen) atoms. The molecule has 0 amide bonds. The van der Waals surface area contributed by atoms with E-state index in [2.05, 4.69) is 31.7 Å². The van der Waals surface area contributed by atoms with Crippen molar-refractivity contribution in [3.05, 3.63) is 29.3 Å². The van der Waals surface area contributed by atoms with Crippen LogP contribution >= 0.6 is 0 Å². The van der Waals surface area contributed by atoms with Gasteiger partial charge >= 0.3 is 0 Å². The van der Waals surface area contributed by atoms with Gasteiger partial charge in [-0.15, -0.1) is 0 Å². The van der Waals surface area contributed by atoms with Gasteiger partial charge in [-0.3, -0.25) is 4.79 Å². The zero-order valence-electron chi connectivity index (χ0n) is 10.6. The zero-order chi connectivity index (χ0) is 12.8. The summed E-state index contributed by atoms with van der Waals surface area (Å²) in [4.78, 5) is 12.8. The van der Waals surface area contributed by atoms with Gasteiger partial charge in [0, 0.05) is 18.7 Å². The van der Waals surface area contributed by atoms with E-state index in [1.54, 1.807) is 12.1 Å². The van der Waals surface area contributed by atoms with Gasteiger partial charge in [0.2, 0.25) is 0 Å². The molecule has 0 spiro atoms. The predicted molar refractivity (Wildman–Crippen MR) is 69.3 cm³/mol. The van der Waals surface area contributed by atoms with E-state index in [0.29, 0.717) is 17.0 Å². The molecule has 1 aromatic carbocycles. The molecule has 0 saturated heterocycles. The third kappa shape index (κ3) is 3.32. The lowest BCUT2D eigenvalue weighted by Crippen LogP contribution is -2.27. The number of carbonyl (C=O) groups excluding carboxylic acids is 1. The van der Waals surface area contributed by atoms with Crippen LogP contribution in [-0.2, 0) is 0 Å². The van der Waals surface area contributed by atoms with Crippen molar-refractivity contribution in [3.8, 4) is 6.07 Å². The Morgan fingerprint density at radius 2 is 2.18 bits per heavy atom. The molecule has 0 aromatic heterocycles. The van der Waals surface area contributed by atoms with Crippen molar-refractivity contribution in [2.75, 3.05) is 18.0 Å². The molecule has 0 atom stereocenters. The summed E-state index contributed by atoms with van der Waals surface area (Å²) in [6, 6.07) is 7.41. The molecule has 0 unspecified atom stereocenters. The number of rotatable bonds is 5. The SMILES string of the molecule is CCN(CC(C)C)c1ccc(C=O)cc1C#N. The number of benzene rings is 1. The molecule has 0 aliphatic heterocycles. The topological polar surface area (TPSA) is 44.1 Å². The molecule has 0 aliphatic rings. The van der Waals surface area contributed by atoms with E-state index in [0.717, 1.165) is 25.1 Å². The average Bonchev–Trinajstić information content (AvgIpc) is 2.35. The molecule has 3 heteroatoms. The molecular weight excluding hydrogens is 212 g/mol. The third-order valence-electron chi connectivity index (χ3n) is 2.59. The highest BCUT2D eigenvalue weighted by molar-refractivity contribution is 5.78. The van der Waals surface area contributed by atoms with Gasteiger partial charge in [0.05, 0.1) is 11.3 Å². The summed E-state index contributed by atoms with van der Waals surface area (Å²) < 4.78 is 0. The van der Waals surface area contributed by atoms with E-state index in [9.17, 15) is 4.79 Å². The highest BCUT2D eigenvalue weighted by atomic mass is 16.1. The van der Waals surface area contributed by atoms with Crippen LogP contribution < -0.4 is 4.90 Å². The largest absolute Gasteiger partial charge is 0.370 e. The minimum absolute atomic E-state index is 0.534. The summed E-state index contributed by atoms with van der Waals surface area (Å²) >= 11 is 0. The second kappa shape index (κ2) is 6.05. The molecule has 0 fully saturated rings. The zero-order valence-corrected chi connectivity index (χ0v) is 10.6. The molecule has 0 aliphatic carbocycles. The number of hydrogen-bond donors (Lipinski definition) is 0. The van der Waals surface area contributed by atoms with E-state index in [-0.39, 0.29) is 0 Å². The molecule has 0 saturated carbocycles. The number of nitriles is 1. The molecule has 0 heterocycles. The van der Waals surface area contributed by atoms with Crippen molar-refractivity contribution in [3.63, 3.8) is 0 Å². The minimum atomic E-state index is 0.534. The third-order valence-corrected chi connectivity index (χ3v) is 2.59. The van der Waals surface area contributed by atoms with E-state index in [1.807, 2.05) is 6.07 Å². The lowest BCUT2D eigenvalue weighted by atomic mass is 10.1. The summed E-state index contributed by atoms with van der Waals surface area (Å²) in [7, 11) is 0. The van der Waals surface area contributed by atoms with Crippen LogP contribution in [0.4, 0.5) is 5.69 Å². The van der Waals surface area contributed by atoms with Gasteiger partial charge in [-0.05, 0) is 31.0 Å². The van der Waals surface area contributed by atoms with Crippen molar-refractivity contribution in [1.82, 2.24) is 0 Å². The average molecular weight is 230 g/mol. The quantitative estimate of drug-likeness (QED) is 0.730. The van der Waals surface area contributed by atoms with Crippen molar-refractivity contribution >= 4 is 12.0 Å². The molecule has 0 radical (unpaired) electrons. The normalized spacial score (nSPS) is 10.1. The molecule has 0 N–H and O–H groups in total. The fraction of sp³-hybridized carbons (Fsp3) is 0.429.